The topological polar surface area (TPSA) is 59.3 Å². The molecule has 0 atom stereocenters. The van der Waals surface area contributed by atoms with Gasteiger partial charge in [0.15, 0.2) is 5.69 Å². The fourth-order valence-corrected chi connectivity index (χ4v) is 3.84. The fraction of sp³-hybridized carbons (Fsp3) is 0.0870. The van der Waals surface area contributed by atoms with Gasteiger partial charge >= 0.3 is 0 Å². The number of fused-ring (bicyclic) bond motifs is 1. The van der Waals surface area contributed by atoms with Crippen LogP contribution in [0.3, 0.4) is 0 Å². The summed E-state index contributed by atoms with van der Waals surface area (Å²) in [6, 6.07) is 22.2. The maximum absolute atomic E-state index is 12.6. The Hall–Kier alpha value is -2.77. The molecule has 0 radical (unpaired) electrons. The second-order valence-corrected chi connectivity index (χ2v) is 8.62. The SMILES string of the molecule is CC(=NNC(=O)c1nn(Cc2ccc(Br)cc2)cc1Br)c1ccc2ccccc2c1. The van der Waals surface area contributed by atoms with Crippen molar-refractivity contribution in [1.29, 1.82) is 0 Å². The van der Waals surface area contributed by atoms with E-state index >= 15 is 0 Å². The number of rotatable bonds is 5. The molecule has 0 spiro atoms. The van der Waals surface area contributed by atoms with Crippen LogP contribution in [0.4, 0.5) is 0 Å². The molecule has 0 saturated carbocycles. The van der Waals surface area contributed by atoms with Crippen molar-refractivity contribution in [3.05, 3.63) is 98.7 Å². The Balaban J connectivity index is 1.47. The van der Waals surface area contributed by atoms with Crippen LogP contribution in [0.1, 0.15) is 28.5 Å². The summed E-state index contributed by atoms with van der Waals surface area (Å²) in [5.74, 6) is -0.364. The van der Waals surface area contributed by atoms with Crippen molar-refractivity contribution >= 4 is 54.3 Å². The highest BCUT2D eigenvalue weighted by molar-refractivity contribution is 9.10. The van der Waals surface area contributed by atoms with Crippen LogP contribution < -0.4 is 5.43 Å². The summed E-state index contributed by atoms with van der Waals surface area (Å²) in [6.45, 7) is 2.43. The molecule has 0 aliphatic carbocycles. The van der Waals surface area contributed by atoms with E-state index in [4.69, 9.17) is 0 Å². The molecule has 1 aromatic heterocycles. The summed E-state index contributed by atoms with van der Waals surface area (Å²) in [6.07, 6.45) is 1.79. The van der Waals surface area contributed by atoms with Crippen molar-refractivity contribution in [2.45, 2.75) is 13.5 Å². The molecule has 3 aromatic carbocycles. The monoisotopic (exact) mass is 524 g/mol. The van der Waals surface area contributed by atoms with Crippen molar-refractivity contribution in [1.82, 2.24) is 15.2 Å². The second kappa shape index (κ2) is 8.93. The molecule has 0 saturated heterocycles. The van der Waals surface area contributed by atoms with E-state index in [0.29, 0.717) is 16.7 Å². The van der Waals surface area contributed by atoms with Crippen molar-refractivity contribution in [3.63, 3.8) is 0 Å². The van der Waals surface area contributed by atoms with Crippen LogP contribution in [-0.2, 0) is 6.54 Å². The first kappa shape index (κ1) is 20.5. The molecule has 7 heteroatoms. The van der Waals surface area contributed by atoms with Crippen LogP contribution in [-0.4, -0.2) is 21.4 Å². The van der Waals surface area contributed by atoms with Gasteiger partial charge in [0, 0.05) is 10.7 Å². The Morgan fingerprint density at radius 2 is 1.77 bits per heavy atom. The number of carbonyl (C=O) groups is 1. The molecule has 4 aromatic rings. The molecule has 0 bridgehead atoms. The third-order valence-electron chi connectivity index (χ3n) is 4.68. The fourth-order valence-electron chi connectivity index (χ4n) is 3.08. The van der Waals surface area contributed by atoms with E-state index in [0.717, 1.165) is 26.7 Å². The van der Waals surface area contributed by atoms with E-state index in [-0.39, 0.29) is 5.91 Å². The number of benzene rings is 3. The van der Waals surface area contributed by atoms with Crippen molar-refractivity contribution < 1.29 is 4.79 Å². The van der Waals surface area contributed by atoms with E-state index in [9.17, 15) is 4.79 Å². The van der Waals surface area contributed by atoms with Gasteiger partial charge in [-0.25, -0.2) is 5.43 Å². The minimum atomic E-state index is -0.364. The zero-order valence-corrected chi connectivity index (χ0v) is 19.3. The first-order valence-corrected chi connectivity index (χ1v) is 10.9. The number of halogens is 2. The smallest absolute Gasteiger partial charge is 0.266 e. The van der Waals surface area contributed by atoms with Gasteiger partial charge in [-0.05, 0) is 63.0 Å². The van der Waals surface area contributed by atoms with Gasteiger partial charge in [-0.3, -0.25) is 9.48 Å². The van der Waals surface area contributed by atoms with Crippen molar-refractivity contribution in [2.75, 3.05) is 0 Å². The van der Waals surface area contributed by atoms with Crippen molar-refractivity contribution in [2.24, 2.45) is 5.10 Å². The number of carbonyl (C=O) groups excluding carboxylic acids is 1. The third kappa shape index (κ3) is 4.68. The normalized spacial score (nSPS) is 11.6. The minimum absolute atomic E-state index is 0.294. The van der Waals surface area contributed by atoms with Gasteiger partial charge in [-0.1, -0.05) is 64.5 Å². The zero-order valence-electron chi connectivity index (χ0n) is 16.1. The first-order valence-electron chi connectivity index (χ1n) is 9.31. The van der Waals surface area contributed by atoms with Crippen LogP contribution in [0, 0.1) is 0 Å². The summed E-state index contributed by atoms with van der Waals surface area (Å²) in [7, 11) is 0. The lowest BCUT2D eigenvalue weighted by Crippen LogP contribution is -2.20. The molecule has 5 nitrogen and oxygen atoms in total. The average Bonchev–Trinajstić information content (AvgIpc) is 3.13. The minimum Gasteiger partial charge on any atom is -0.266 e. The van der Waals surface area contributed by atoms with E-state index in [1.54, 1.807) is 10.9 Å². The lowest BCUT2D eigenvalue weighted by molar-refractivity contribution is 0.0948. The largest absolute Gasteiger partial charge is 0.293 e. The molecular weight excluding hydrogens is 508 g/mol. The second-order valence-electron chi connectivity index (χ2n) is 6.85. The Morgan fingerprint density at radius 3 is 2.53 bits per heavy atom. The van der Waals surface area contributed by atoms with Crippen molar-refractivity contribution in [3.8, 4) is 0 Å². The molecule has 1 N–H and O–H groups in total. The lowest BCUT2D eigenvalue weighted by Gasteiger charge is -2.04. The molecule has 150 valence electrons. The predicted octanol–water partition coefficient (Wildman–Crippen LogP) is 5.76. The number of hydrogen-bond donors (Lipinski definition) is 1. The Bertz CT molecular complexity index is 1250. The summed E-state index contributed by atoms with van der Waals surface area (Å²) < 4.78 is 3.37. The van der Waals surface area contributed by atoms with Crippen LogP contribution >= 0.6 is 31.9 Å². The number of aromatic nitrogens is 2. The van der Waals surface area contributed by atoms with Gasteiger partial charge < -0.3 is 0 Å². The van der Waals surface area contributed by atoms with E-state index in [2.05, 4.69) is 65.7 Å². The Kier molecular flexibility index (Phi) is 6.11. The number of nitrogens with one attached hydrogen (secondary N) is 1. The van der Waals surface area contributed by atoms with Gasteiger partial charge in [0.2, 0.25) is 0 Å². The van der Waals surface area contributed by atoms with E-state index in [1.165, 1.54) is 5.39 Å². The molecule has 30 heavy (non-hydrogen) atoms. The van der Waals surface area contributed by atoms with Gasteiger partial charge in [0.05, 0.1) is 16.7 Å². The third-order valence-corrected chi connectivity index (χ3v) is 5.79. The quantitative estimate of drug-likeness (QED) is 0.266. The standard InChI is InChI=1S/C23H18Br2N4O/c1-15(18-9-8-17-4-2-3-5-19(17)12-18)26-27-23(30)22-21(25)14-29(28-22)13-16-6-10-20(24)11-7-16/h2-12,14H,13H2,1H3,(H,27,30). The molecule has 0 unspecified atom stereocenters. The molecular formula is C23H18Br2N4O. The average molecular weight is 526 g/mol. The first-order chi connectivity index (χ1) is 14.5. The number of hydrogen-bond acceptors (Lipinski definition) is 3. The van der Waals surface area contributed by atoms with E-state index < -0.39 is 0 Å². The predicted molar refractivity (Wildman–Crippen MR) is 127 cm³/mol. The lowest BCUT2D eigenvalue weighted by atomic mass is 10.0. The molecule has 0 aliphatic heterocycles. The molecule has 1 heterocycles. The molecule has 1 amide bonds. The maximum atomic E-state index is 12.6. The highest BCUT2D eigenvalue weighted by Crippen LogP contribution is 2.18. The highest BCUT2D eigenvalue weighted by Gasteiger charge is 2.15. The molecule has 0 fully saturated rings. The summed E-state index contributed by atoms with van der Waals surface area (Å²) in [5, 5.41) is 11.0. The zero-order chi connectivity index (χ0) is 21.1. The summed E-state index contributed by atoms with van der Waals surface area (Å²) >= 11 is 6.85. The van der Waals surface area contributed by atoms with E-state index in [1.807, 2.05) is 55.5 Å². The Labute approximate surface area is 191 Å². The summed E-state index contributed by atoms with van der Waals surface area (Å²) in [4.78, 5) is 12.6. The Morgan fingerprint density at radius 1 is 1.03 bits per heavy atom. The van der Waals surface area contributed by atoms with Crippen LogP contribution in [0.2, 0.25) is 0 Å². The van der Waals surface area contributed by atoms with Gasteiger partial charge in [-0.15, -0.1) is 0 Å². The number of hydrazone groups is 1. The maximum Gasteiger partial charge on any atom is 0.293 e. The van der Waals surface area contributed by atoms with Gasteiger partial charge in [-0.2, -0.15) is 10.2 Å². The molecule has 0 aliphatic rings. The highest BCUT2D eigenvalue weighted by atomic mass is 79.9. The number of nitrogens with zero attached hydrogens (tertiary/aromatic N) is 3. The van der Waals surface area contributed by atoms with Gasteiger partial charge in [0.25, 0.3) is 5.91 Å². The number of amides is 1. The van der Waals surface area contributed by atoms with Crippen LogP contribution in [0.25, 0.3) is 10.8 Å². The molecule has 4 rings (SSSR count). The van der Waals surface area contributed by atoms with Gasteiger partial charge in [0.1, 0.15) is 0 Å². The van der Waals surface area contributed by atoms with Crippen LogP contribution in [0.5, 0.6) is 0 Å². The summed E-state index contributed by atoms with van der Waals surface area (Å²) in [5.41, 5.74) is 5.66. The van der Waals surface area contributed by atoms with Crippen LogP contribution in [0.15, 0.2) is 87.0 Å².